The number of carbonyl (C=O) groups is 2. The number of amides is 1. The minimum atomic E-state index is -1.51. The SMILES string of the molecule is CCCCOCC(O)COc1ccc(NC(=O)c2c(Cl)c(Cl)c(Cl)c(Cl)c2C(=O)O)cc1Cl. The van der Waals surface area contributed by atoms with Crippen LogP contribution in [0.2, 0.25) is 25.1 Å². The smallest absolute Gasteiger partial charge is 0.338 e. The zero-order chi connectivity index (χ0) is 24.7. The number of aliphatic hydroxyl groups is 1. The summed E-state index contributed by atoms with van der Waals surface area (Å²) in [5.41, 5.74) is -0.823. The number of carbonyl (C=O) groups excluding carboxylic acids is 1. The van der Waals surface area contributed by atoms with Crippen molar-refractivity contribution in [2.75, 3.05) is 25.1 Å². The van der Waals surface area contributed by atoms with Gasteiger partial charge in [0, 0.05) is 12.3 Å². The van der Waals surface area contributed by atoms with Gasteiger partial charge in [-0.2, -0.15) is 0 Å². The number of nitrogens with one attached hydrogen (secondary N) is 1. The lowest BCUT2D eigenvalue weighted by molar-refractivity contribution is 0.0113. The number of carboxylic acids is 1. The Hall–Kier alpha value is -1.45. The molecule has 3 N–H and O–H groups in total. The molecule has 1 atom stereocenters. The van der Waals surface area contributed by atoms with E-state index >= 15 is 0 Å². The number of carboxylic acid groups (broad SMARTS) is 1. The van der Waals surface area contributed by atoms with E-state index in [1.807, 2.05) is 6.92 Å². The van der Waals surface area contributed by atoms with Crippen molar-refractivity contribution in [3.05, 3.63) is 54.4 Å². The van der Waals surface area contributed by atoms with Gasteiger partial charge in [0.05, 0.1) is 42.8 Å². The monoisotopic (exact) mass is 557 g/mol. The second-order valence-electron chi connectivity index (χ2n) is 6.80. The van der Waals surface area contributed by atoms with Crippen LogP contribution in [0.25, 0.3) is 0 Å². The summed E-state index contributed by atoms with van der Waals surface area (Å²) in [6, 6.07) is 4.33. The van der Waals surface area contributed by atoms with E-state index in [9.17, 15) is 19.8 Å². The molecule has 0 aliphatic carbocycles. The van der Waals surface area contributed by atoms with Gasteiger partial charge in [-0.25, -0.2) is 4.79 Å². The summed E-state index contributed by atoms with van der Waals surface area (Å²) in [7, 11) is 0. The van der Waals surface area contributed by atoms with Gasteiger partial charge in [-0.15, -0.1) is 0 Å². The molecule has 1 unspecified atom stereocenters. The lowest BCUT2D eigenvalue weighted by Crippen LogP contribution is -2.23. The lowest BCUT2D eigenvalue weighted by atomic mass is 10.1. The number of benzene rings is 2. The largest absolute Gasteiger partial charge is 0.489 e. The molecule has 180 valence electrons. The molecule has 7 nitrogen and oxygen atoms in total. The van der Waals surface area contributed by atoms with Gasteiger partial charge in [0.1, 0.15) is 18.5 Å². The first kappa shape index (κ1) is 27.8. The van der Waals surface area contributed by atoms with Gasteiger partial charge in [-0.05, 0) is 24.6 Å². The lowest BCUT2D eigenvalue weighted by Gasteiger charge is -2.15. The molecule has 2 aromatic carbocycles. The predicted molar refractivity (Wildman–Crippen MR) is 130 cm³/mol. The van der Waals surface area contributed by atoms with Crippen molar-refractivity contribution in [2.24, 2.45) is 0 Å². The van der Waals surface area contributed by atoms with Crippen molar-refractivity contribution in [2.45, 2.75) is 25.9 Å². The molecular weight excluding hydrogens is 539 g/mol. The molecular formula is C21H20Cl5NO6. The molecule has 0 heterocycles. The molecule has 0 saturated heterocycles. The normalized spacial score (nSPS) is 11.8. The van der Waals surface area contributed by atoms with Crippen LogP contribution in [0.3, 0.4) is 0 Å². The van der Waals surface area contributed by atoms with Gasteiger partial charge in [0.2, 0.25) is 0 Å². The Bertz CT molecular complexity index is 1030. The Balaban J connectivity index is 2.13. The van der Waals surface area contributed by atoms with Crippen LogP contribution in [-0.2, 0) is 4.74 Å². The third-order valence-corrected chi connectivity index (χ3v) is 6.38. The standard InChI is InChI=1S/C21H20Cl5NO6/c1-2-3-6-32-8-11(28)9-33-13-5-4-10(7-12(13)22)27-20(29)14-15(21(30)31)17(24)19(26)18(25)16(14)23/h4-5,7,11,28H,2-3,6,8-9H2,1H3,(H,27,29)(H,30,31). The van der Waals surface area contributed by atoms with E-state index in [0.717, 1.165) is 12.8 Å². The van der Waals surface area contributed by atoms with Crippen LogP contribution < -0.4 is 10.1 Å². The van der Waals surface area contributed by atoms with Crippen LogP contribution in [-0.4, -0.2) is 48.0 Å². The Morgan fingerprint density at radius 2 is 1.64 bits per heavy atom. The molecule has 0 bridgehead atoms. The Labute approximate surface area is 215 Å². The van der Waals surface area contributed by atoms with Crippen LogP contribution >= 0.6 is 58.0 Å². The molecule has 0 aliphatic heterocycles. The van der Waals surface area contributed by atoms with Gasteiger partial charge in [-0.1, -0.05) is 71.3 Å². The zero-order valence-corrected chi connectivity index (χ0v) is 21.0. The zero-order valence-electron chi connectivity index (χ0n) is 17.3. The van der Waals surface area contributed by atoms with Crippen molar-refractivity contribution >= 4 is 75.6 Å². The number of aliphatic hydroxyl groups excluding tert-OH is 1. The van der Waals surface area contributed by atoms with Crippen molar-refractivity contribution in [3.8, 4) is 5.75 Å². The summed E-state index contributed by atoms with van der Waals surface area (Å²) < 4.78 is 10.8. The Morgan fingerprint density at radius 3 is 2.21 bits per heavy atom. The molecule has 1 amide bonds. The quantitative estimate of drug-likeness (QED) is 0.166. The number of hydrogen-bond donors (Lipinski definition) is 3. The minimum Gasteiger partial charge on any atom is -0.489 e. The summed E-state index contributed by atoms with van der Waals surface area (Å²) in [6.07, 6.45) is 1.06. The first-order chi connectivity index (χ1) is 15.6. The highest BCUT2D eigenvalue weighted by atomic mass is 35.5. The van der Waals surface area contributed by atoms with Gasteiger partial charge in [0.25, 0.3) is 5.91 Å². The fourth-order valence-electron chi connectivity index (χ4n) is 2.63. The maximum Gasteiger partial charge on any atom is 0.338 e. The second-order valence-corrected chi connectivity index (χ2v) is 8.72. The highest BCUT2D eigenvalue weighted by molar-refractivity contribution is 6.54. The number of halogens is 5. The van der Waals surface area contributed by atoms with Crippen LogP contribution in [0.1, 0.15) is 40.5 Å². The van der Waals surface area contributed by atoms with E-state index in [4.69, 9.17) is 67.5 Å². The van der Waals surface area contributed by atoms with Gasteiger partial charge in [0.15, 0.2) is 0 Å². The molecule has 2 rings (SSSR count). The van der Waals surface area contributed by atoms with Crippen LogP contribution in [0, 0.1) is 0 Å². The second kappa shape index (κ2) is 12.9. The van der Waals surface area contributed by atoms with E-state index in [0.29, 0.717) is 6.61 Å². The number of ether oxygens (including phenoxy) is 2. The van der Waals surface area contributed by atoms with E-state index < -0.39 is 34.1 Å². The molecule has 12 heteroatoms. The number of rotatable bonds is 11. The first-order valence-electron chi connectivity index (χ1n) is 9.67. The topological polar surface area (TPSA) is 105 Å². The summed E-state index contributed by atoms with van der Waals surface area (Å²) in [4.78, 5) is 24.4. The molecule has 0 radical (unpaired) electrons. The maximum absolute atomic E-state index is 12.8. The average molecular weight is 560 g/mol. The van der Waals surface area contributed by atoms with E-state index in [1.54, 1.807) is 0 Å². The van der Waals surface area contributed by atoms with E-state index in [-0.39, 0.29) is 44.7 Å². The van der Waals surface area contributed by atoms with Crippen molar-refractivity contribution in [3.63, 3.8) is 0 Å². The minimum absolute atomic E-state index is 0.0447. The van der Waals surface area contributed by atoms with E-state index in [1.165, 1.54) is 18.2 Å². The summed E-state index contributed by atoms with van der Waals surface area (Å²) in [6.45, 7) is 2.68. The van der Waals surface area contributed by atoms with Gasteiger partial charge < -0.3 is 25.0 Å². The third-order valence-electron chi connectivity index (χ3n) is 4.28. The van der Waals surface area contributed by atoms with Gasteiger partial charge in [-0.3, -0.25) is 4.79 Å². The molecule has 0 aliphatic rings. The van der Waals surface area contributed by atoms with Crippen LogP contribution in [0.15, 0.2) is 18.2 Å². The summed E-state index contributed by atoms with van der Waals surface area (Å²) in [5.74, 6) is -2.13. The van der Waals surface area contributed by atoms with E-state index in [2.05, 4.69) is 5.32 Å². The third kappa shape index (κ3) is 7.26. The summed E-state index contributed by atoms with van der Waals surface area (Å²) in [5, 5.41) is 20.7. The molecule has 0 saturated carbocycles. The Morgan fingerprint density at radius 1 is 1.00 bits per heavy atom. The predicted octanol–water partition coefficient (Wildman–Crippen LogP) is 6.46. The number of anilines is 1. The highest BCUT2D eigenvalue weighted by Gasteiger charge is 2.29. The van der Waals surface area contributed by atoms with Crippen molar-refractivity contribution in [1.82, 2.24) is 0 Å². The maximum atomic E-state index is 12.8. The molecule has 33 heavy (non-hydrogen) atoms. The first-order valence-corrected chi connectivity index (χ1v) is 11.6. The fourth-order valence-corrected chi connectivity index (χ4v) is 3.89. The number of unbranched alkanes of at least 4 members (excludes halogenated alkanes) is 1. The fraction of sp³-hybridized carbons (Fsp3) is 0.333. The highest BCUT2D eigenvalue weighted by Crippen LogP contribution is 2.42. The number of aromatic carboxylic acids is 1. The van der Waals surface area contributed by atoms with Crippen molar-refractivity contribution < 1.29 is 29.3 Å². The Kier molecular flexibility index (Phi) is 10.8. The van der Waals surface area contributed by atoms with Crippen LogP contribution in [0.5, 0.6) is 5.75 Å². The van der Waals surface area contributed by atoms with Crippen LogP contribution in [0.4, 0.5) is 5.69 Å². The molecule has 0 fully saturated rings. The molecule has 0 spiro atoms. The number of hydrogen-bond acceptors (Lipinski definition) is 5. The van der Waals surface area contributed by atoms with Gasteiger partial charge >= 0.3 is 5.97 Å². The molecule has 0 aromatic heterocycles. The average Bonchev–Trinajstić information content (AvgIpc) is 2.76. The molecule has 2 aromatic rings. The summed E-state index contributed by atoms with van der Waals surface area (Å²) >= 11 is 30.1. The van der Waals surface area contributed by atoms with Crippen molar-refractivity contribution in [1.29, 1.82) is 0 Å².